The van der Waals surface area contributed by atoms with Gasteiger partial charge in [-0.05, 0) is 31.0 Å². The monoisotopic (exact) mass is 376 g/mol. The van der Waals surface area contributed by atoms with Crippen molar-refractivity contribution in [2.24, 2.45) is 5.92 Å². The molecule has 0 radical (unpaired) electrons. The number of thiophene rings is 1. The summed E-state index contributed by atoms with van der Waals surface area (Å²) in [5, 5.41) is 0. The predicted octanol–water partition coefficient (Wildman–Crippen LogP) is 3.62. The van der Waals surface area contributed by atoms with Crippen LogP contribution in [0.4, 0.5) is 5.95 Å². The quantitative estimate of drug-likeness (QED) is 0.722. The highest BCUT2D eigenvalue weighted by Crippen LogP contribution is 2.25. The van der Waals surface area contributed by atoms with Gasteiger partial charge in [0, 0.05) is 36.9 Å². The number of anilines is 1. The first-order chi connectivity index (χ1) is 12.2. The van der Waals surface area contributed by atoms with Gasteiger partial charge in [0.25, 0.3) is 0 Å². The maximum Gasteiger partial charge on any atom is 0.228 e. The summed E-state index contributed by atoms with van der Waals surface area (Å²) in [6.45, 7) is 6.43. The number of rotatable bonds is 6. The highest BCUT2D eigenvalue weighted by Gasteiger charge is 2.30. The summed E-state index contributed by atoms with van der Waals surface area (Å²) in [4.78, 5) is 26.7. The van der Waals surface area contributed by atoms with E-state index in [9.17, 15) is 4.79 Å². The van der Waals surface area contributed by atoms with Crippen LogP contribution in [0.15, 0.2) is 43.2 Å². The molecule has 0 N–H and O–H groups in total. The van der Waals surface area contributed by atoms with E-state index in [1.165, 1.54) is 11.3 Å². The van der Waals surface area contributed by atoms with Gasteiger partial charge in [-0.1, -0.05) is 17.7 Å². The minimum Gasteiger partial charge on any atom is -0.340 e. The zero-order valence-corrected chi connectivity index (χ0v) is 15.5. The summed E-state index contributed by atoms with van der Waals surface area (Å²) in [7, 11) is 0. The smallest absolute Gasteiger partial charge is 0.228 e. The fourth-order valence-corrected chi connectivity index (χ4v) is 4.19. The lowest BCUT2D eigenvalue weighted by Gasteiger charge is -2.34. The van der Waals surface area contributed by atoms with Crippen molar-refractivity contribution in [1.82, 2.24) is 14.9 Å². The largest absolute Gasteiger partial charge is 0.340 e. The molecule has 3 rings (SSSR count). The van der Waals surface area contributed by atoms with Crippen molar-refractivity contribution in [2.45, 2.75) is 19.4 Å². The normalized spacial score (nSPS) is 17.3. The van der Waals surface area contributed by atoms with E-state index in [1.54, 1.807) is 24.5 Å². The summed E-state index contributed by atoms with van der Waals surface area (Å²) in [6.07, 6.45) is 7.09. The van der Waals surface area contributed by atoms with Gasteiger partial charge in [-0.25, -0.2) is 9.97 Å². The topological polar surface area (TPSA) is 49.3 Å². The average molecular weight is 377 g/mol. The number of carbonyl (C=O) groups is 1. The summed E-state index contributed by atoms with van der Waals surface area (Å²) in [5.41, 5.74) is 0. The van der Waals surface area contributed by atoms with Gasteiger partial charge in [0.1, 0.15) is 0 Å². The van der Waals surface area contributed by atoms with Crippen molar-refractivity contribution in [2.75, 3.05) is 24.5 Å². The summed E-state index contributed by atoms with van der Waals surface area (Å²) >= 11 is 7.52. The molecule has 5 nitrogen and oxygen atoms in total. The summed E-state index contributed by atoms with van der Waals surface area (Å²) in [6, 6.07) is 5.64. The highest BCUT2D eigenvalue weighted by molar-refractivity contribution is 7.16. The number of halogens is 1. The molecule has 0 bridgehead atoms. The van der Waals surface area contributed by atoms with Crippen LogP contribution in [0.2, 0.25) is 4.34 Å². The second kappa shape index (κ2) is 8.45. The first-order valence-electron chi connectivity index (χ1n) is 8.33. The molecule has 1 fully saturated rings. The van der Waals surface area contributed by atoms with Crippen LogP contribution in [0.5, 0.6) is 0 Å². The van der Waals surface area contributed by atoms with Crippen LogP contribution < -0.4 is 4.90 Å². The predicted molar refractivity (Wildman–Crippen MR) is 102 cm³/mol. The minimum absolute atomic E-state index is 0.0482. The molecule has 2 aromatic heterocycles. The van der Waals surface area contributed by atoms with Gasteiger partial charge in [-0.3, -0.25) is 4.79 Å². The molecule has 132 valence electrons. The molecule has 1 amide bonds. The maximum absolute atomic E-state index is 13.1. The molecule has 3 heterocycles. The van der Waals surface area contributed by atoms with Crippen molar-refractivity contribution >= 4 is 34.8 Å². The number of carbonyl (C=O) groups excluding carboxylic acids is 1. The summed E-state index contributed by atoms with van der Waals surface area (Å²) in [5.74, 6) is 0.804. The van der Waals surface area contributed by atoms with Crippen molar-refractivity contribution in [3.63, 3.8) is 0 Å². The zero-order valence-electron chi connectivity index (χ0n) is 14.0. The van der Waals surface area contributed by atoms with Crippen LogP contribution in [-0.4, -0.2) is 40.4 Å². The highest BCUT2D eigenvalue weighted by atomic mass is 35.5. The van der Waals surface area contributed by atoms with E-state index in [4.69, 9.17) is 11.6 Å². The van der Waals surface area contributed by atoms with Crippen molar-refractivity contribution < 1.29 is 4.79 Å². The third kappa shape index (κ3) is 4.58. The van der Waals surface area contributed by atoms with Crippen molar-refractivity contribution in [3.8, 4) is 0 Å². The lowest BCUT2D eigenvalue weighted by molar-refractivity contribution is -0.135. The lowest BCUT2D eigenvalue weighted by Crippen LogP contribution is -2.45. The second-order valence-corrected chi connectivity index (χ2v) is 7.85. The Balaban J connectivity index is 1.69. The van der Waals surface area contributed by atoms with Crippen LogP contribution in [0.25, 0.3) is 0 Å². The first kappa shape index (κ1) is 17.9. The Morgan fingerprint density at radius 1 is 1.44 bits per heavy atom. The SMILES string of the molecule is C=CCN(Cc1ccc(Cl)s1)C(=O)C1CCCN(c2ncccn2)C1. The van der Waals surface area contributed by atoms with Crippen LogP contribution >= 0.6 is 22.9 Å². The molecule has 1 atom stereocenters. The van der Waals surface area contributed by atoms with Gasteiger partial charge < -0.3 is 9.80 Å². The van der Waals surface area contributed by atoms with E-state index in [2.05, 4.69) is 21.4 Å². The molecule has 1 saturated heterocycles. The molecule has 1 unspecified atom stereocenters. The Bertz CT molecular complexity index is 721. The molecule has 1 aliphatic heterocycles. The molecular weight excluding hydrogens is 356 g/mol. The zero-order chi connectivity index (χ0) is 17.6. The van der Waals surface area contributed by atoms with E-state index in [-0.39, 0.29) is 11.8 Å². The van der Waals surface area contributed by atoms with Crippen molar-refractivity contribution in [1.29, 1.82) is 0 Å². The molecule has 0 saturated carbocycles. The van der Waals surface area contributed by atoms with Gasteiger partial charge in [0.05, 0.1) is 16.8 Å². The molecule has 25 heavy (non-hydrogen) atoms. The molecule has 0 aliphatic carbocycles. The van der Waals surface area contributed by atoms with Gasteiger partial charge in [-0.15, -0.1) is 17.9 Å². The molecule has 0 aromatic carbocycles. The minimum atomic E-state index is -0.0482. The standard InChI is InChI=1S/C18H21ClN4OS/c1-2-10-22(13-15-6-7-16(19)25-15)17(24)14-5-3-11-23(12-14)18-20-8-4-9-21-18/h2,4,6-9,14H,1,3,5,10-13H2. The Labute approximate surface area is 157 Å². The number of piperidine rings is 1. The Morgan fingerprint density at radius 3 is 2.92 bits per heavy atom. The van der Waals surface area contributed by atoms with Crippen LogP contribution in [0.3, 0.4) is 0 Å². The fraction of sp³-hybridized carbons (Fsp3) is 0.389. The Kier molecular flexibility index (Phi) is 6.04. The average Bonchev–Trinajstić information content (AvgIpc) is 3.06. The lowest BCUT2D eigenvalue weighted by atomic mass is 9.96. The molecule has 0 spiro atoms. The molecule has 7 heteroatoms. The third-order valence-electron chi connectivity index (χ3n) is 4.24. The second-order valence-electron chi connectivity index (χ2n) is 6.05. The first-order valence-corrected chi connectivity index (χ1v) is 9.52. The van der Waals surface area contributed by atoms with Crippen molar-refractivity contribution in [3.05, 3.63) is 52.5 Å². The van der Waals surface area contributed by atoms with Crippen LogP contribution in [0.1, 0.15) is 17.7 Å². The molecule has 2 aromatic rings. The summed E-state index contributed by atoms with van der Waals surface area (Å²) < 4.78 is 0.742. The number of nitrogens with zero attached hydrogens (tertiary/aromatic N) is 4. The number of hydrogen-bond acceptors (Lipinski definition) is 5. The Morgan fingerprint density at radius 2 is 2.24 bits per heavy atom. The van der Waals surface area contributed by atoms with Gasteiger partial charge in [0.2, 0.25) is 11.9 Å². The van der Waals surface area contributed by atoms with E-state index in [0.29, 0.717) is 25.6 Å². The van der Waals surface area contributed by atoms with E-state index in [1.807, 2.05) is 17.0 Å². The van der Waals surface area contributed by atoms with Gasteiger partial charge in [0.15, 0.2) is 0 Å². The van der Waals surface area contributed by atoms with E-state index < -0.39 is 0 Å². The molecule has 1 aliphatic rings. The maximum atomic E-state index is 13.1. The van der Waals surface area contributed by atoms with E-state index in [0.717, 1.165) is 28.6 Å². The number of amides is 1. The third-order valence-corrected chi connectivity index (χ3v) is 5.46. The van der Waals surface area contributed by atoms with Gasteiger partial charge in [-0.2, -0.15) is 0 Å². The Hall–Kier alpha value is -1.92. The number of hydrogen-bond donors (Lipinski definition) is 0. The fourth-order valence-electron chi connectivity index (χ4n) is 3.09. The van der Waals surface area contributed by atoms with Gasteiger partial charge >= 0.3 is 0 Å². The number of aromatic nitrogens is 2. The van der Waals surface area contributed by atoms with Crippen LogP contribution in [-0.2, 0) is 11.3 Å². The molecular formula is C18H21ClN4OS. The van der Waals surface area contributed by atoms with E-state index >= 15 is 0 Å². The van der Waals surface area contributed by atoms with Crippen LogP contribution in [0, 0.1) is 5.92 Å².